The first-order valence-electron chi connectivity index (χ1n) is 13.9. The van der Waals surface area contributed by atoms with E-state index in [1.807, 2.05) is 27.7 Å². The van der Waals surface area contributed by atoms with Crippen LogP contribution in [0.15, 0.2) is 35.4 Å². The maximum Gasteiger partial charge on any atom is 0.237 e. The van der Waals surface area contributed by atoms with E-state index in [-0.39, 0.29) is 34.2 Å². The van der Waals surface area contributed by atoms with Gasteiger partial charge >= 0.3 is 0 Å². The fraction of sp³-hybridized carbons (Fsp3) is 0.600. The van der Waals surface area contributed by atoms with Crippen LogP contribution in [0.3, 0.4) is 0 Å². The number of allylic oxidation sites excluding steroid dienone is 4. The molecule has 1 aromatic rings. The molecule has 0 bridgehead atoms. The van der Waals surface area contributed by atoms with Gasteiger partial charge in [-0.25, -0.2) is 13.2 Å². The highest BCUT2D eigenvalue weighted by molar-refractivity contribution is 6.29. The second kappa shape index (κ2) is 11.9. The molecule has 5 atom stereocenters. The van der Waals surface area contributed by atoms with Gasteiger partial charge < -0.3 is 21.1 Å². The Labute approximate surface area is 238 Å². The first-order chi connectivity index (χ1) is 18.8. The van der Waals surface area contributed by atoms with Crippen molar-refractivity contribution in [3.63, 3.8) is 0 Å². The third kappa shape index (κ3) is 5.97. The second-order valence-electron chi connectivity index (χ2n) is 12.6. The molecule has 1 saturated heterocycles. The van der Waals surface area contributed by atoms with Gasteiger partial charge in [0.25, 0.3) is 0 Å². The minimum Gasteiger partial charge on any atom is -0.393 e. The molecular weight excluding hydrogens is 543 g/mol. The van der Waals surface area contributed by atoms with Crippen LogP contribution < -0.4 is 16.0 Å². The summed E-state index contributed by atoms with van der Waals surface area (Å²) in [5.41, 5.74) is -1.16. The highest BCUT2D eigenvalue weighted by Gasteiger charge is 2.66. The van der Waals surface area contributed by atoms with Crippen LogP contribution in [0.4, 0.5) is 18.9 Å². The monoisotopic (exact) mass is 581 g/mol. The Morgan fingerprint density at radius 1 is 1.23 bits per heavy atom. The van der Waals surface area contributed by atoms with Crippen molar-refractivity contribution in [3.05, 3.63) is 52.6 Å². The number of hydrogen-bond donors (Lipinski definition) is 4. The molecule has 4 rings (SSSR count). The minimum absolute atomic E-state index is 0.00333. The van der Waals surface area contributed by atoms with Gasteiger partial charge in [-0.3, -0.25) is 9.59 Å². The van der Waals surface area contributed by atoms with E-state index in [0.717, 1.165) is 12.1 Å². The van der Waals surface area contributed by atoms with Crippen LogP contribution >= 0.6 is 11.6 Å². The lowest BCUT2D eigenvalue weighted by atomic mass is 9.61. The van der Waals surface area contributed by atoms with Crippen molar-refractivity contribution in [1.82, 2.24) is 10.6 Å². The van der Waals surface area contributed by atoms with Gasteiger partial charge in [0.05, 0.1) is 17.6 Å². The zero-order chi connectivity index (χ0) is 29.4. The van der Waals surface area contributed by atoms with Crippen molar-refractivity contribution in [2.45, 2.75) is 89.4 Å². The third-order valence-corrected chi connectivity index (χ3v) is 8.70. The highest BCUT2D eigenvalue weighted by atomic mass is 35.5. The first kappa shape index (κ1) is 30.6. The predicted octanol–water partition coefficient (Wildman–Crippen LogP) is 5.25. The minimum atomic E-state index is -1.39. The van der Waals surface area contributed by atoms with Gasteiger partial charge in [0.1, 0.15) is 6.67 Å². The smallest absolute Gasteiger partial charge is 0.237 e. The first-order valence-corrected chi connectivity index (χ1v) is 14.3. The SMILES string of the molecule is CC(/C=C\C=C(\Cl)CF)[C@H]1[C@H](C(=O)NC2CCC(O)CC2)N[C@H](CC(C)(C)C)[C@]12C(=O)Nc1cc(F)c(F)cc12. The molecule has 40 heavy (non-hydrogen) atoms. The molecule has 1 spiro atoms. The number of hydrogen-bond acceptors (Lipinski definition) is 4. The number of aliphatic hydroxyl groups excluding tert-OH is 1. The van der Waals surface area contributed by atoms with Crippen molar-refractivity contribution in [3.8, 4) is 0 Å². The van der Waals surface area contributed by atoms with Crippen molar-refractivity contribution in [2.24, 2.45) is 17.3 Å². The van der Waals surface area contributed by atoms with Crippen molar-refractivity contribution >= 4 is 29.1 Å². The molecule has 2 fully saturated rings. The van der Waals surface area contributed by atoms with E-state index in [4.69, 9.17) is 11.6 Å². The van der Waals surface area contributed by atoms with E-state index in [1.165, 1.54) is 6.08 Å². The van der Waals surface area contributed by atoms with Gasteiger partial charge in [-0.2, -0.15) is 0 Å². The predicted molar refractivity (Wildman–Crippen MR) is 150 cm³/mol. The summed E-state index contributed by atoms with van der Waals surface area (Å²) < 4.78 is 42.0. The lowest BCUT2D eigenvalue weighted by Gasteiger charge is -2.39. The van der Waals surface area contributed by atoms with E-state index in [2.05, 4.69) is 16.0 Å². The fourth-order valence-corrected chi connectivity index (χ4v) is 6.84. The molecular formula is C30H39ClF3N3O3. The second-order valence-corrected chi connectivity index (χ2v) is 13.1. The number of fused-ring (bicyclic) bond motifs is 2. The van der Waals surface area contributed by atoms with Gasteiger partial charge in [0.15, 0.2) is 11.6 Å². The molecule has 1 saturated carbocycles. The lowest BCUT2D eigenvalue weighted by molar-refractivity contribution is -0.126. The molecule has 0 radical (unpaired) electrons. The molecule has 2 amide bonds. The van der Waals surface area contributed by atoms with E-state index < -0.39 is 53.6 Å². The van der Waals surface area contributed by atoms with Crippen LogP contribution in [0.5, 0.6) is 0 Å². The quantitative estimate of drug-likeness (QED) is 0.331. The Bertz CT molecular complexity index is 1190. The standard InChI is InChI=1S/C30H39ClF3N3O3/c1-16(6-5-7-17(31)15-32)25-26(27(39)35-18-8-10-19(38)11-9-18)37-24(14-29(2,3)4)30(25)20-12-21(33)22(34)13-23(20)36-28(30)40/h5-7,12-13,16,18-19,24-26,37-38H,8-11,14-15H2,1-4H3,(H,35,39)(H,36,40)/b6-5-,17-7+/t16?,18?,19?,24-,25+,26-,30+/m1/s1. The average molecular weight is 582 g/mol. The molecule has 10 heteroatoms. The van der Waals surface area contributed by atoms with E-state index >= 15 is 0 Å². The zero-order valence-electron chi connectivity index (χ0n) is 23.4. The summed E-state index contributed by atoms with van der Waals surface area (Å²) in [6.07, 6.45) is 7.30. The molecule has 6 nitrogen and oxygen atoms in total. The Morgan fingerprint density at radius 3 is 2.50 bits per heavy atom. The molecule has 1 aromatic carbocycles. The zero-order valence-corrected chi connectivity index (χ0v) is 24.1. The summed E-state index contributed by atoms with van der Waals surface area (Å²) in [5.74, 6) is -3.99. The van der Waals surface area contributed by atoms with Gasteiger partial charge in [0, 0.05) is 34.8 Å². The molecule has 0 aromatic heterocycles. The van der Waals surface area contributed by atoms with Crippen LogP contribution in [0.25, 0.3) is 0 Å². The number of nitrogens with one attached hydrogen (secondary N) is 3. The van der Waals surface area contributed by atoms with Crippen LogP contribution in [-0.2, 0) is 15.0 Å². The Balaban J connectivity index is 1.83. The number of rotatable bonds is 7. The number of aliphatic hydroxyl groups is 1. The summed E-state index contributed by atoms with van der Waals surface area (Å²) in [6, 6.07) is 0.529. The summed E-state index contributed by atoms with van der Waals surface area (Å²) in [4.78, 5) is 28.0. The highest BCUT2D eigenvalue weighted by Crippen LogP contribution is 2.55. The van der Waals surface area contributed by atoms with Crippen molar-refractivity contribution in [2.75, 3.05) is 12.0 Å². The average Bonchev–Trinajstić information content (AvgIpc) is 3.35. The number of alkyl halides is 1. The topological polar surface area (TPSA) is 90.5 Å². The fourth-order valence-electron chi connectivity index (χ4n) is 6.76. The normalized spacial score (nSPS) is 31.5. The van der Waals surface area contributed by atoms with Crippen LogP contribution in [-0.4, -0.2) is 47.8 Å². The summed E-state index contributed by atoms with van der Waals surface area (Å²) in [6.45, 7) is 7.08. The number of benzene rings is 1. The Morgan fingerprint density at radius 2 is 1.88 bits per heavy atom. The maximum absolute atomic E-state index is 14.8. The molecule has 1 unspecified atom stereocenters. The van der Waals surface area contributed by atoms with Crippen molar-refractivity contribution < 1.29 is 27.9 Å². The van der Waals surface area contributed by atoms with E-state index in [0.29, 0.717) is 37.7 Å². The Hall–Kier alpha value is -2.36. The van der Waals surface area contributed by atoms with Gasteiger partial charge in [-0.1, -0.05) is 51.4 Å². The molecule has 2 aliphatic heterocycles. The summed E-state index contributed by atoms with van der Waals surface area (Å²) in [7, 11) is 0. The summed E-state index contributed by atoms with van der Waals surface area (Å²) >= 11 is 5.84. The van der Waals surface area contributed by atoms with E-state index in [1.54, 1.807) is 12.2 Å². The van der Waals surface area contributed by atoms with E-state index in [9.17, 15) is 27.9 Å². The van der Waals surface area contributed by atoms with Gasteiger partial charge in [0.2, 0.25) is 11.8 Å². The molecule has 2 heterocycles. The van der Waals surface area contributed by atoms with Crippen LogP contribution in [0.2, 0.25) is 0 Å². The van der Waals surface area contributed by atoms with Crippen LogP contribution in [0.1, 0.15) is 65.4 Å². The van der Waals surface area contributed by atoms with Gasteiger partial charge in [-0.05, 0) is 61.1 Å². The van der Waals surface area contributed by atoms with Crippen LogP contribution in [0, 0.1) is 28.9 Å². The number of carbonyl (C=O) groups is 2. The number of carbonyl (C=O) groups excluding carboxylic acids is 2. The molecule has 4 N–H and O–H groups in total. The number of amides is 2. The lowest BCUT2D eigenvalue weighted by Crippen LogP contribution is -2.52. The largest absolute Gasteiger partial charge is 0.393 e. The third-order valence-electron chi connectivity index (χ3n) is 8.47. The maximum atomic E-state index is 14.8. The molecule has 3 aliphatic rings. The van der Waals surface area contributed by atoms with Gasteiger partial charge in [-0.15, -0.1) is 0 Å². The Kier molecular flexibility index (Phi) is 9.07. The number of anilines is 1. The molecule has 220 valence electrons. The number of halogens is 4. The molecule has 1 aliphatic carbocycles. The summed E-state index contributed by atoms with van der Waals surface area (Å²) in [5, 5.41) is 19.2. The van der Waals surface area contributed by atoms with Crippen molar-refractivity contribution in [1.29, 1.82) is 0 Å².